The van der Waals surface area contributed by atoms with Crippen LogP contribution in [0.1, 0.15) is 11.3 Å². The number of H-pyrrole nitrogens is 2. The van der Waals surface area contributed by atoms with Gasteiger partial charge in [0.25, 0.3) is 11.1 Å². The highest BCUT2D eigenvalue weighted by Crippen LogP contribution is 2.29. The molecule has 2 N–H and O–H groups in total. The van der Waals surface area contributed by atoms with Crippen molar-refractivity contribution in [3.63, 3.8) is 0 Å². The Hall–Kier alpha value is -3.97. The predicted molar refractivity (Wildman–Crippen MR) is 125 cm³/mol. The summed E-state index contributed by atoms with van der Waals surface area (Å²) in [5, 5.41) is 8.90. The first kappa shape index (κ1) is 20.0. The summed E-state index contributed by atoms with van der Waals surface area (Å²) in [4.78, 5) is 32.0. The van der Waals surface area contributed by atoms with Crippen molar-refractivity contribution in [3.05, 3.63) is 97.7 Å². The fourth-order valence-electron chi connectivity index (χ4n) is 3.81. The molecule has 2 aromatic heterocycles. The largest absolute Gasteiger partial charge is 0.496 e. The predicted octanol–water partition coefficient (Wildman–Crippen LogP) is 4.08. The summed E-state index contributed by atoms with van der Waals surface area (Å²) in [5.74, 6) is 1.04. The van der Waals surface area contributed by atoms with E-state index in [1.165, 1.54) is 0 Å². The van der Waals surface area contributed by atoms with E-state index >= 15 is 0 Å². The molecule has 8 heteroatoms. The molecule has 0 fully saturated rings. The van der Waals surface area contributed by atoms with Crippen molar-refractivity contribution in [2.45, 2.75) is 6.42 Å². The van der Waals surface area contributed by atoms with Crippen molar-refractivity contribution < 1.29 is 4.74 Å². The van der Waals surface area contributed by atoms with Crippen molar-refractivity contribution in [3.8, 4) is 17.1 Å². The average molecular weight is 445 g/mol. The lowest BCUT2D eigenvalue weighted by Crippen LogP contribution is -2.11. The number of fused-ring (bicyclic) bond motifs is 2. The molecule has 32 heavy (non-hydrogen) atoms. The van der Waals surface area contributed by atoms with Crippen LogP contribution in [-0.4, -0.2) is 27.3 Å². The summed E-state index contributed by atoms with van der Waals surface area (Å²) >= 11 is 6.15. The van der Waals surface area contributed by atoms with E-state index in [0.717, 1.165) is 16.6 Å². The zero-order valence-corrected chi connectivity index (χ0v) is 17.7. The van der Waals surface area contributed by atoms with Crippen LogP contribution in [0, 0.1) is 0 Å². The maximum Gasteiger partial charge on any atom is 0.272 e. The van der Waals surface area contributed by atoms with E-state index in [-0.39, 0.29) is 11.1 Å². The van der Waals surface area contributed by atoms with Gasteiger partial charge in [-0.1, -0.05) is 48.0 Å². The number of benzene rings is 3. The van der Waals surface area contributed by atoms with Crippen molar-refractivity contribution in [2.75, 3.05) is 7.11 Å². The Kier molecular flexibility index (Phi) is 4.95. The Bertz CT molecular complexity index is 1610. The molecule has 0 aliphatic heterocycles. The van der Waals surface area contributed by atoms with Gasteiger partial charge < -0.3 is 9.72 Å². The normalized spacial score (nSPS) is 11.2. The maximum atomic E-state index is 12.6. The van der Waals surface area contributed by atoms with Crippen LogP contribution < -0.4 is 15.9 Å². The third-order valence-corrected chi connectivity index (χ3v) is 5.69. The van der Waals surface area contributed by atoms with Gasteiger partial charge in [-0.25, -0.2) is 10.1 Å². The van der Waals surface area contributed by atoms with Crippen molar-refractivity contribution in [1.29, 1.82) is 0 Å². The quantitative estimate of drug-likeness (QED) is 0.435. The standard InChI is InChI=1S/C24H17ClN4O3/c1-32-20-12-14(22-26-18-8-4-7-17(25)21(18)24(31)27-22)10-9-13(20)11-19-15-5-2-3-6-16(15)23(30)29-28-19/h2-10,12H,11H2,1H3,(H,29,30)(H,26,27,31). The number of halogens is 1. The van der Waals surface area contributed by atoms with Gasteiger partial charge in [0, 0.05) is 22.9 Å². The number of nitrogens with one attached hydrogen (secondary N) is 2. The number of hydrogen-bond donors (Lipinski definition) is 2. The molecule has 5 rings (SSSR count). The number of hydrogen-bond acceptors (Lipinski definition) is 5. The third kappa shape index (κ3) is 3.42. The molecule has 3 aromatic carbocycles. The molecule has 5 aromatic rings. The van der Waals surface area contributed by atoms with Crippen LogP contribution in [0.25, 0.3) is 33.1 Å². The van der Waals surface area contributed by atoms with Crippen LogP contribution in [0.3, 0.4) is 0 Å². The van der Waals surface area contributed by atoms with Crippen molar-refractivity contribution in [2.24, 2.45) is 0 Å². The van der Waals surface area contributed by atoms with E-state index in [1.807, 2.05) is 36.4 Å². The zero-order chi connectivity index (χ0) is 22.2. The first-order chi connectivity index (χ1) is 15.5. The lowest BCUT2D eigenvalue weighted by Gasteiger charge is -2.12. The molecule has 7 nitrogen and oxygen atoms in total. The molecule has 0 unspecified atom stereocenters. The second kappa shape index (κ2) is 7.94. The van der Waals surface area contributed by atoms with Crippen LogP contribution in [0.4, 0.5) is 0 Å². The van der Waals surface area contributed by atoms with Gasteiger partial charge >= 0.3 is 0 Å². The average Bonchev–Trinajstić information content (AvgIpc) is 2.81. The summed E-state index contributed by atoms with van der Waals surface area (Å²) in [6.45, 7) is 0. The van der Waals surface area contributed by atoms with Gasteiger partial charge in [-0.3, -0.25) is 9.59 Å². The molecular weight excluding hydrogens is 428 g/mol. The van der Waals surface area contributed by atoms with Gasteiger partial charge in [0.2, 0.25) is 0 Å². The van der Waals surface area contributed by atoms with E-state index in [4.69, 9.17) is 16.3 Å². The van der Waals surface area contributed by atoms with Crippen molar-refractivity contribution >= 4 is 33.3 Å². The molecule has 0 radical (unpaired) electrons. The highest BCUT2D eigenvalue weighted by atomic mass is 35.5. The third-order valence-electron chi connectivity index (χ3n) is 5.38. The van der Waals surface area contributed by atoms with E-state index in [2.05, 4.69) is 20.2 Å². The second-order valence-electron chi connectivity index (χ2n) is 7.30. The SMILES string of the molecule is COc1cc(-c2nc3cccc(Cl)c3c(=O)[nH]2)ccc1Cc1n[nH]c(=O)c2ccccc12. The minimum Gasteiger partial charge on any atom is -0.496 e. The maximum absolute atomic E-state index is 12.6. The Morgan fingerprint density at radius 2 is 1.78 bits per heavy atom. The monoisotopic (exact) mass is 444 g/mol. The minimum atomic E-state index is -0.303. The van der Waals surface area contributed by atoms with E-state index in [9.17, 15) is 9.59 Å². The van der Waals surface area contributed by atoms with Gasteiger partial charge in [0.05, 0.1) is 34.1 Å². The van der Waals surface area contributed by atoms with Gasteiger partial charge in [-0.15, -0.1) is 0 Å². The Morgan fingerprint density at radius 1 is 0.969 bits per heavy atom. The summed E-state index contributed by atoms with van der Waals surface area (Å²) in [6, 6.07) is 18.1. The number of nitrogens with zero attached hydrogens (tertiary/aromatic N) is 2. The smallest absolute Gasteiger partial charge is 0.272 e. The molecule has 0 bridgehead atoms. The molecule has 2 heterocycles. The highest BCUT2D eigenvalue weighted by Gasteiger charge is 2.14. The van der Waals surface area contributed by atoms with Crippen LogP contribution in [0.5, 0.6) is 5.75 Å². The summed E-state index contributed by atoms with van der Waals surface area (Å²) in [5.41, 5.74) is 2.30. The van der Waals surface area contributed by atoms with E-state index < -0.39 is 0 Å². The van der Waals surface area contributed by atoms with Gasteiger partial charge in [-0.05, 0) is 24.3 Å². The van der Waals surface area contributed by atoms with Gasteiger partial charge in [-0.2, -0.15) is 5.10 Å². The minimum absolute atomic E-state index is 0.224. The zero-order valence-electron chi connectivity index (χ0n) is 17.0. The number of aromatic nitrogens is 4. The molecule has 0 atom stereocenters. The van der Waals surface area contributed by atoms with Crippen LogP contribution in [-0.2, 0) is 6.42 Å². The Balaban J connectivity index is 1.58. The second-order valence-corrected chi connectivity index (χ2v) is 7.70. The fourth-order valence-corrected chi connectivity index (χ4v) is 4.07. The summed E-state index contributed by atoms with van der Waals surface area (Å²) in [6.07, 6.45) is 0.456. The topological polar surface area (TPSA) is 101 Å². The van der Waals surface area contributed by atoms with Crippen LogP contribution in [0.15, 0.2) is 70.3 Å². The van der Waals surface area contributed by atoms with E-state index in [1.54, 1.807) is 31.4 Å². The lowest BCUT2D eigenvalue weighted by atomic mass is 10.0. The highest BCUT2D eigenvalue weighted by molar-refractivity contribution is 6.35. The summed E-state index contributed by atoms with van der Waals surface area (Å²) in [7, 11) is 1.58. The number of rotatable bonds is 4. The molecule has 0 saturated carbocycles. The molecule has 0 aliphatic carbocycles. The Labute approximate surface area is 186 Å². The molecule has 0 spiro atoms. The first-order valence-corrected chi connectivity index (χ1v) is 10.2. The lowest BCUT2D eigenvalue weighted by molar-refractivity contribution is 0.410. The van der Waals surface area contributed by atoms with Gasteiger partial charge in [0.15, 0.2) is 0 Å². The molecule has 0 aliphatic rings. The number of methoxy groups -OCH3 is 1. The molecule has 0 amide bonds. The van der Waals surface area contributed by atoms with Gasteiger partial charge in [0.1, 0.15) is 11.6 Å². The van der Waals surface area contributed by atoms with Crippen LogP contribution >= 0.6 is 11.6 Å². The van der Waals surface area contributed by atoms with Crippen molar-refractivity contribution in [1.82, 2.24) is 20.2 Å². The first-order valence-electron chi connectivity index (χ1n) is 9.87. The molecular formula is C24H17ClN4O3. The fraction of sp³-hybridized carbons (Fsp3) is 0.0833. The number of aromatic amines is 2. The van der Waals surface area contributed by atoms with E-state index in [0.29, 0.717) is 44.9 Å². The Morgan fingerprint density at radius 3 is 2.59 bits per heavy atom. The molecule has 0 saturated heterocycles. The molecule has 158 valence electrons. The summed E-state index contributed by atoms with van der Waals surface area (Å²) < 4.78 is 5.61. The van der Waals surface area contributed by atoms with Crippen LogP contribution in [0.2, 0.25) is 5.02 Å². The number of ether oxygens (including phenoxy) is 1.